The summed E-state index contributed by atoms with van der Waals surface area (Å²) < 4.78 is 4.52. The fourth-order valence-corrected chi connectivity index (χ4v) is 2.66. The number of aromatic nitrogens is 4. The van der Waals surface area contributed by atoms with Crippen molar-refractivity contribution in [1.29, 1.82) is 0 Å². The summed E-state index contributed by atoms with van der Waals surface area (Å²) in [6.07, 6.45) is 3.52. The number of nitrogens with zero attached hydrogens (tertiary/aromatic N) is 4. The van der Waals surface area contributed by atoms with Gasteiger partial charge in [-0.2, -0.15) is 5.10 Å². The molecule has 0 N–H and O–H groups in total. The van der Waals surface area contributed by atoms with Crippen LogP contribution in [0.25, 0.3) is 10.9 Å². The first-order valence-corrected chi connectivity index (χ1v) is 7.81. The highest BCUT2D eigenvalue weighted by atomic mass is 127. The maximum atomic E-state index is 12.5. The van der Waals surface area contributed by atoms with Gasteiger partial charge in [0.2, 0.25) is 0 Å². The topological polar surface area (TPSA) is 52.7 Å². The van der Waals surface area contributed by atoms with Crippen LogP contribution in [0.4, 0.5) is 0 Å². The van der Waals surface area contributed by atoms with Crippen LogP contribution in [0.5, 0.6) is 0 Å². The van der Waals surface area contributed by atoms with E-state index >= 15 is 0 Å². The van der Waals surface area contributed by atoms with Gasteiger partial charge in [-0.15, -0.1) is 0 Å². The van der Waals surface area contributed by atoms with E-state index in [9.17, 15) is 4.79 Å². The van der Waals surface area contributed by atoms with Gasteiger partial charge in [0.15, 0.2) is 0 Å². The molecule has 0 aliphatic rings. The van der Waals surface area contributed by atoms with Crippen LogP contribution in [0.2, 0.25) is 0 Å². The van der Waals surface area contributed by atoms with Crippen molar-refractivity contribution in [1.82, 2.24) is 19.3 Å². The van der Waals surface area contributed by atoms with E-state index in [4.69, 9.17) is 0 Å². The quantitative estimate of drug-likeness (QED) is 0.642. The van der Waals surface area contributed by atoms with E-state index in [1.54, 1.807) is 10.9 Å². The van der Waals surface area contributed by atoms with Gasteiger partial charge in [0.1, 0.15) is 0 Å². The molecule has 0 spiro atoms. The summed E-state index contributed by atoms with van der Waals surface area (Å²) in [7, 11) is 0. The van der Waals surface area contributed by atoms with Gasteiger partial charge in [0.05, 0.1) is 29.5 Å². The molecule has 2 aromatic heterocycles. The molecule has 0 radical (unpaired) electrons. The number of rotatable bonds is 3. The Hall–Kier alpha value is -1.70. The number of halogens is 1. The summed E-state index contributed by atoms with van der Waals surface area (Å²) in [5, 5.41) is 5.12. The van der Waals surface area contributed by atoms with Crippen LogP contribution in [0.3, 0.4) is 0 Å². The van der Waals surface area contributed by atoms with Gasteiger partial charge >= 0.3 is 0 Å². The van der Waals surface area contributed by atoms with Crippen molar-refractivity contribution >= 4 is 33.5 Å². The van der Waals surface area contributed by atoms with Crippen LogP contribution in [0, 0.1) is 3.57 Å². The van der Waals surface area contributed by atoms with Crippen LogP contribution < -0.4 is 5.56 Å². The molecule has 2 heterocycles. The Morgan fingerprint density at radius 2 is 2.10 bits per heavy atom. The fourth-order valence-electron chi connectivity index (χ4n) is 2.17. The van der Waals surface area contributed by atoms with Gasteiger partial charge in [-0.05, 0) is 60.7 Å². The number of hydrogen-bond acceptors (Lipinski definition) is 3. The second-order valence-corrected chi connectivity index (χ2v) is 6.47. The number of hydrogen-bond donors (Lipinski definition) is 0. The van der Waals surface area contributed by atoms with E-state index in [2.05, 4.69) is 46.5 Å². The Morgan fingerprint density at radius 3 is 2.81 bits per heavy atom. The van der Waals surface area contributed by atoms with Gasteiger partial charge in [-0.3, -0.25) is 14.0 Å². The summed E-state index contributed by atoms with van der Waals surface area (Å²) in [6, 6.07) is 7.94. The maximum Gasteiger partial charge on any atom is 0.261 e. The highest BCUT2D eigenvalue weighted by Gasteiger charge is 2.07. The Bertz CT molecular complexity index is 850. The smallest absolute Gasteiger partial charge is 0.261 e. The van der Waals surface area contributed by atoms with Crippen molar-refractivity contribution in [3.63, 3.8) is 0 Å². The zero-order valence-electron chi connectivity index (χ0n) is 11.8. The first kappa shape index (κ1) is 14.2. The molecule has 1 aromatic carbocycles. The molecule has 0 aliphatic heterocycles. The van der Waals surface area contributed by atoms with Crippen LogP contribution >= 0.6 is 22.6 Å². The summed E-state index contributed by atoms with van der Waals surface area (Å²) in [4.78, 5) is 16.9. The number of benzene rings is 1. The first-order valence-electron chi connectivity index (χ1n) is 6.73. The lowest BCUT2D eigenvalue weighted by Crippen LogP contribution is -2.21. The average molecular weight is 394 g/mol. The van der Waals surface area contributed by atoms with Crippen LogP contribution in [-0.4, -0.2) is 19.3 Å². The zero-order valence-corrected chi connectivity index (χ0v) is 14.0. The molecule has 0 atom stereocenters. The lowest BCUT2D eigenvalue weighted by atomic mass is 10.2. The molecule has 6 heteroatoms. The summed E-state index contributed by atoms with van der Waals surface area (Å²) in [6.45, 7) is 4.58. The molecule has 0 fully saturated rings. The predicted molar refractivity (Wildman–Crippen MR) is 90.4 cm³/mol. The van der Waals surface area contributed by atoms with Gasteiger partial charge in [-0.1, -0.05) is 0 Å². The van der Waals surface area contributed by atoms with Crippen molar-refractivity contribution < 1.29 is 0 Å². The molecule has 3 rings (SSSR count). The third-order valence-corrected chi connectivity index (χ3v) is 3.98. The van der Waals surface area contributed by atoms with Crippen molar-refractivity contribution in [2.75, 3.05) is 0 Å². The van der Waals surface area contributed by atoms with Gasteiger partial charge < -0.3 is 0 Å². The third kappa shape index (κ3) is 2.85. The molecule has 0 bridgehead atoms. The third-order valence-electron chi connectivity index (χ3n) is 3.31. The van der Waals surface area contributed by atoms with E-state index < -0.39 is 0 Å². The van der Waals surface area contributed by atoms with Crippen LogP contribution in [-0.2, 0) is 6.54 Å². The summed E-state index contributed by atoms with van der Waals surface area (Å²) >= 11 is 2.20. The molecular formula is C15H15IN4O. The molecule has 21 heavy (non-hydrogen) atoms. The van der Waals surface area contributed by atoms with Gasteiger partial charge in [-0.25, -0.2) is 4.98 Å². The summed E-state index contributed by atoms with van der Waals surface area (Å²) in [5.41, 5.74) is 1.56. The van der Waals surface area contributed by atoms with Crippen molar-refractivity contribution in [2.45, 2.75) is 26.4 Å². The van der Waals surface area contributed by atoms with Crippen LogP contribution in [0.1, 0.15) is 25.6 Å². The molecule has 3 aromatic rings. The second kappa shape index (κ2) is 5.59. The Morgan fingerprint density at radius 1 is 1.29 bits per heavy atom. The molecular weight excluding hydrogens is 379 g/mol. The lowest BCUT2D eigenvalue weighted by Gasteiger charge is -2.06. The van der Waals surface area contributed by atoms with E-state index in [1.165, 1.54) is 0 Å². The second-order valence-electron chi connectivity index (χ2n) is 5.22. The Labute approximate surface area is 135 Å². The monoisotopic (exact) mass is 394 g/mol. The van der Waals surface area contributed by atoms with E-state index in [0.717, 1.165) is 14.8 Å². The van der Waals surface area contributed by atoms with Crippen molar-refractivity contribution in [2.24, 2.45) is 0 Å². The maximum absolute atomic E-state index is 12.5. The van der Waals surface area contributed by atoms with Crippen molar-refractivity contribution in [3.8, 4) is 0 Å². The molecule has 0 aliphatic carbocycles. The molecule has 0 saturated heterocycles. The van der Waals surface area contributed by atoms with Crippen molar-refractivity contribution in [3.05, 3.63) is 56.4 Å². The van der Waals surface area contributed by atoms with Gasteiger partial charge in [0, 0.05) is 15.8 Å². The van der Waals surface area contributed by atoms with E-state index in [1.807, 2.05) is 35.1 Å². The fraction of sp³-hybridized carbons (Fsp3) is 0.267. The molecule has 0 amide bonds. The molecule has 0 saturated carbocycles. The predicted octanol–water partition coefficient (Wildman–Crippen LogP) is 2.83. The number of fused-ring (bicyclic) bond motifs is 1. The molecule has 0 unspecified atom stereocenters. The van der Waals surface area contributed by atoms with Crippen LogP contribution in [0.15, 0.2) is 41.6 Å². The minimum absolute atomic E-state index is 0.0300. The Kier molecular flexibility index (Phi) is 3.79. The minimum Gasteiger partial charge on any atom is -0.293 e. The normalized spacial score (nSPS) is 11.4. The molecule has 108 valence electrons. The standard InChI is InChI=1S/C15H15IN4O/c1-10(2)20-6-5-12(18-20)8-19-9-17-14-4-3-11(16)7-13(14)15(19)21/h3-7,9-10H,8H2,1-2H3. The van der Waals surface area contributed by atoms with E-state index in [-0.39, 0.29) is 5.56 Å². The first-order chi connectivity index (χ1) is 10.0. The van der Waals surface area contributed by atoms with E-state index in [0.29, 0.717) is 18.0 Å². The average Bonchev–Trinajstić information content (AvgIpc) is 2.91. The lowest BCUT2D eigenvalue weighted by molar-refractivity contribution is 0.523. The minimum atomic E-state index is -0.0300. The zero-order chi connectivity index (χ0) is 15.0. The SMILES string of the molecule is CC(C)n1ccc(Cn2cnc3ccc(I)cc3c2=O)n1. The Balaban J connectivity index is 2.00. The largest absolute Gasteiger partial charge is 0.293 e. The highest BCUT2D eigenvalue weighted by molar-refractivity contribution is 14.1. The van der Waals surface area contributed by atoms with Gasteiger partial charge in [0.25, 0.3) is 5.56 Å². The highest BCUT2D eigenvalue weighted by Crippen LogP contribution is 2.12. The molecule has 5 nitrogen and oxygen atoms in total. The summed E-state index contributed by atoms with van der Waals surface area (Å²) in [5.74, 6) is 0.